The summed E-state index contributed by atoms with van der Waals surface area (Å²) < 4.78 is 10.6. The van der Waals surface area contributed by atoms with Gasteiger partial charge in [-0.3, -0.25) is 10.1 Å². The quantitative estimate of drug-likeness (QED) is 0.573. The standard InChI is InChI=1S/C19H16Cl2N2O3S/c1-11-18(12-3-6-14(25-2)7-4-12)23-19(27-11)22-17(24)10-26-16-8-5-13(20)9-15(16)21/h3-9H,10H2,1-2H3,(H,22,23,24). The fourth-order valence-electron chi connectivity index (χ4n) is 2.36. The SMILES string of the molecule is COc1ccc(-c2nc(NC(=O)COc3ccc(Cl)cc3Cl)sc2C)cc1. The van der Waals surface area contributed by atoms with Gasteiger partial charge in [0.25, 0.3) is 5.91 Å². The number of nitrogens with one attached hydrogen (secondary N) is 1. The number of carbonyl (C=O) groups excluding carboxylic acids is 1. The van der Waals surface area contributed by atoms with Crippen LogP contribution in [0.3, 0.4) is 0 Å². The van der Waals surface area contributed by atoms with Crippen LogP contribution in [0, 0.1) is 6.92 Å². The third-order valence-corrected chi connectivity index (χ3v) is 5.08. The Bertz CT molecular complexity index is 958. The van der Waals surface area contributed by atoms with E-state index in [0.29, 0.717) is 20.9 Å². The number of carbonyl (C=O) groups is 1. The maximum Gasteiger partial charge on any atom is 0.264 e. The highest BCUT2D eigenvalue weighted by Gasteiger charge is 2.13. The summed E-state index contributed by atoms with van der Waals surface area (Å²) in [6.45, 7) is 1.77. The number of anilines is 1. The van der Waals surface area contributed by atoms with Crippen molar-refractivity contribution in [3.05, 3.63) is 57.4 Å². The highest BCUT2D eigenvalue weighted by Crippen LogP contribution is 2.31. The molecule has 0 aliphatic carbocycles. The van der Waals surface area contributed by atoms with Crippen LogP contribution in [0.1, 0.15) is 4.88 Å². The molecular weight excluding hydrogens is 407 g/mol. The Morgan fingerprint density at radius 1 is 1.19 bits per heavy atom. The molecule has 1 N–H and O–H groups in total. The average molecular weight is 423 g/mol. The molecule has 2 aromatic carbocycles. The second-order valence-electron chi connectivity index (χ2n) is 5.56. The first-order valence-corrected chi connectivity index (χ1v) is 9.53. The van der Waals surface area contributed by atoms with Gasteiger partial charge in [-0.1, -0.05) is 23.2 Å². The van der Waals surface area contributed by atoms with E-state index in [0.717, 1.165) is 21.9 Å². The Morgan fingerprint density at radius 3 is 2.59 bits per heavy atom. The van der Waals surface area contributed by atoms with E-state index in [1.165, 1.54) is 11.3 Å². The zero-order valence-corrected chi connectivity index (χ0v) is 16.9. The summed E-state index contributed by atoms with van der Waals surface area (Å²) in [6.07, 6.45) is 0. The smallest absolute Gasteiger partial charge is 0.264 e. The second-order valence-corrected chi connectivity index (χ2v) is 7.61. The summed E-state index contributed by atoms with van der Waals surface area (Å²) in [4.78, 5) is 17.7. The van der Waals surface area contributed by atoms with Gasteiger partial charge in [-0.25, -0.2) is 4.98 Å². The van der Waals surface area contributed by atoms with Crippen molar-refractivity contribution in [2.75, 3.05) is 19.0 Å². The minimum Gasteiger partial charge on any atom is -0.497 e. The molecule has 0 spiro atoms. The van der Waals surface area contributed by atoms with Gasteiger partial charge in [-0.2, -0.15) is 0 Å². The predicted octanol–water partition coefficient (Wildman–Crippen LogP) is 5.45. The van der Waals surface area contributed by atoms with Crippen molar-refractivity contribution in [3.63, 3.8) is 0 Å². The Morgan fingerprint density at radius 2 is 1.93 bits per heavy atom. The van der Waals surface area contributed by atoms with Crippen LogP contribution in [0.4, 0.5) is 5.13 Å². The molecule has 5 nitrogen and oxygen atoms in total. The van der Waals surface area contributed by atoms with Crippen molar-refractivity contribution in [3.8, 4) is 22.8 Å². The molecule has 0 fully saturated rings. The number of hydrogen-bond acceptors (Lipinski definition) is 5. The number of ether oxygens (including phenoxy) is 2. The van der Waals surface area contributed by atoms with Gasteiger partial charge in [0.2, 0.25) is 0 Å². The number of nitrogens with zero attached hydrogens (tertiary/aromatic N) is 1. The zero-order chi connectivity index (χ0) is 19.4. The number of hydrogen-bond donors (Lipinski definition) is 1. The van der Waals surface area contributed by atoms with Crippen LogP contribution >= 0.6 is 34.5 Å². The number of aryl methyl sites for hydroxylation is 1. The summed E-state index contributed by atoms with van der Waals surface area (Å²) in [7, 11) is 1.62. The molecule has 0 aliphatic heterocycles. The van der Waals surface area contributed by atoms with Gasteiger partial charge in [0.05, 0.1) is 17.8 Å². The van der Waals surface area contributed by atoms with Gasteiger partial charge in [-0.15, -0.1) is 11.3 Å². The van der Waals surface area contributed by atoms with Crippen molar-refractivity contribution in [2.45, 2.75) is 6.92 Å². The zero-order valence-electron chi connectivity index (χ0n) is 14.6. The fraction of sp³-hybridized carbons (Fsp3) is 0.158. The minimum atomic E-state index is -0.323. The maximum atomic E-state index is 12.1. The van der Waals surface area contributed by atoms with E-state index < -0.39 is 0 Å². The predicted molar refractivity (Wildman–Crippen MR) is 109 cm³/mol. The van der Waals surface area contributed by atoms with Crippen molar-refractivity contribution in [1.82, 2.24) is 4.98 Å². The third-order valence-electron chi connectivity index (χ3n) is 3.66. The van der Waals surface area contributed by atoms with Gasteiger partial charge >= 0.3 is 0 Å². The topological polar surface area (TPSA) is 60.5 Å². The molecule has 3 rings (SSSR count). The number of methoxy groups -OCH3 is 1. The van der Waals surface area contributed by atoms with E-state index in [4.69, 9.17) is 32.7 Å². The maximum absolute atomic E-state index is 12.1. The van der Waals surface area contributed by atoms with Crippen LogP contribution in [0.2, 0.25) is 10.0 Å². The highest BCUT2D eigenvalue weighted by molar-refractivity contribution is 7.16. The van der Waals surface area contributed by atoms with Crippen LogP contribution in [-0.2, 0) is 4.79 Å². The summed E-state index contributed by atoms with van der Waals surface area (Å²) in [5.41, 5.74) is 1.77. The lowest BCUT2D eigenvalue weighted by Gasteiger charge is -2.07. The molecule has 0 atom stereocenters. The van der Waals surface area contributed by atoms with E-state index >= 15 is 0 Å². The lowest BCUT2D eigenvalue weighted by Crippen LogP contribution is -2.20. The van der Waals surface area contributed by atoms with Crippen LogP contribution in [-0.4, -0.2) is 24.6 Å². The number of amides is 1. The van der Waals surface area contributed by atoms with E-state index in [9.17, 15) is 4.79 Å². The van der Waals surface area contributed by atoms with Crippen molar-refractivity contribution < 1.29 is 14.3 Å². The van der Waals surface area contributed by atoms with E-state index in [2.05, 4.69) is 10.3 Å². The molecule has 0 radical (unpaired) electrons. The first-order chi connectivity index (χ1) is 13.0. The van der Waals surface area contributed by atoms with Crippen LogP contribution in [0.5, 0.6) is 11.5 Å². The molecule has 0 aliphatic rings. The van der Waals surface area contributed by atoms with Crippen molar-refractivity contribution in [1.29, 1.82) is 0 Å². The third kappa shape index (κ3) is 4.91. The molecule has 0 saturated carbocycles. The Hall–Kier alpha value is -2.28. The molecule has 27 heavy (non-hydrogen) atoms. The highest BCUT2D eigenvalue weighted by atomic mass is 35.5. The molecule has 1 heterocycles. The lowest BCUT2D eigenvalue weighted by atomic mass is 10.1. The molecular formula is C19H16Cl2N2O3S. The van der Waals surface area contributed by atoms with Gasteiger partial charge in [0, 0.05) is 15.5 Å². The molecule has 0 bridgehead atoms. The first-order valence-electron chi connectivity index (χ1n) is 7.96. The summed E-state index contributed by atoms with van der Waals surface area (Å²) in [6, 6.07) is 12.4. The Labute approximate surface area is 170 Å². The summed E-state index contributed by atoms with van der Waals surface area (Å²) in [5.74, 6) is 0.847. The van der Waals surface area contributed by atoms with E-state index in [-0.39, 0.29) is 12.5 Å². The Balaban J connectivity index is 1.64. The summed E-state index contributed by atoms with van der Waals surface area (Å²) in [5, 5.41) is 4.10. The van der Waals surface area contributed by atoms with Crippen LogP contribution < -0.4 is 14.8 Å². The van der Waals surface area contributed by atoms with Crippen molar-refractivity contribution >= 4 is 45.6 Å². The minimum absolute atomic E-state index is 0.183. The first kappa shape index (κ1) is 19.5. The monoisotopic (exact) mass is 422 g/mol. The fourth-order valence-corrected chi connectivity index (χ4v) is 3.67. The summed E-state index contributed by atoms with van der Waals surface area (Å²) >= 11 is 13.3. The second kappa shape index (κ2) is 8.61. The van der Waals surface area contributed by atoms with Crippen molar-refractivity contribution in [2.24, 2.45) is 0 Å². The number of rotatable bonds is 6. The molecule has 8 heteroatoms. The van der Waals surface area contributed by atoms with Crippen LogP contribution in [0.15, 0.2) is 42.5 Å². The number of aromatic nitrogens is 1. The largest absolute Gasteiger partial charge is 0.497 e. The molecule has 140 valence electrons. The number of thiazole rings is 1. The molecule has 0 unspecified atom stereocenters. The number of benzene rings is 2. The molecule has 0 saturated heterocycles. The van der Waals surface area contributed by atoms with Crippen LogP contribution in [0.25, 0.3) is 11.3 Å². The van der Waals surface area contributed by atoms with Gasteiger partial charge in [0.1, 0.15) is 11.5 Å². The van der Waals surface area contributed by atoms with E-state index in [1.54, 1.807) is 25.3 Å². The normalized spacial score (nSPS) is 10.5. The average Bonchev–Trinajstić information content (AvgIpc) is 3.01. The van der Waals surface area contributed by atoms with E-state index in [1.807, 2.05) is 31.2 Å². The Kier molecular flexibility index (Phi) is 6.21. The van der Waals surface area contributed by atoms with Gasteiger partial charge < -0.3 is 9.47 Å². The van der Waals surface area contributed by atoms with Gasteiger partial charge in [-0.05, 0) is 49.4 Å². The van der Waals surface area contributed by atoms with Gasteiger partial charge in [0.15, 0.2) is 11.7 Å². The molecule has 1 aromatic heterocycles. The lowest BCUT2D eigenvalue weighted by molar-refractivity contribution is -0.118. The molecule has 3 aromatic rings. The molecule has 1 amide bonds. The number of halogens is 2.